The van der Waals surface area contributed by atoms with Gasteiger partial charge in [0.15, 0.2) is 0 Å². The van der Waals surface area contributed by atoms with Gasteiger partial charge in [-0.25, -0.2) is 4.98 Å². The third-order valence-corrected chi connectivity index (χ3v) is 5.41. The Morgan fingerprint density at radius 1 is 0.938 bits per heavy atom. The number of nitrogens with zero attached hydrogens (tertiary/aromatic N) is 2. The number of carbonyl (C=O) groups is 2. The molecule has 2 heterocycles. The molecule has 164 valence electrons. The van der Waals surface area contributed by atoms with E-state index in [-0.39, 0.29) is 0 Å². The quantitative estimate of drug-likeness (QED) is 0.555. The summed E-state index contributed by atoms with van der Waals surface area (Å²) in [5.41, 5.74) is 6.72. The van der Waals surface area contributed by atoms with E-state index in [1.165, 1.54) is 0 Å². The first-order chi connectivity index (χ1) is 15.6. The molecule has 2 amide bonds. The molecule has 1 saturated heterocycles. The van der Waals surface area contributed by atoms with Crippen LogP contribution < -0.4 is 20.5 Å². The van der Waals surface area contributed by atoms with Gasteiger partial charge in [0.1, 0.15) is 18.2 Å². The van der Waals surface area contributed by atoms with Crippen LogP contribution in [0.4, 0.5) is 5.82 Å². The molecule has 1 fully saturated rings. The van der Waals surface area contributed by atoms with E-state index in [4.69, 9.17) is 16.3 Å². The fraction of sp³-hybridized carbons (Fsp3) is 0.208. The lowest BCUT2D eigenvalue weighted by atomic mass is 10.1. The highest BCUT2D eigenvalue weighted by Gasteiger charge is 2.20. The average Bonchev–Trinajstić information content (AvgIpc) is 3.37. The van der Waals surface area contributed by atoms with Crippen LogP contribution in [-0.4, -0.2) is 29.9 Å². The highest BCUT2D eigenvalue weighted by molar-refractivity contribution is 6.30. The maximum absolute atomic E-state index is 12.6. The van der Waals surface area contributed by atoms with Crippen molar-refractivity contribution in [3.8, 4) is 5.75 Å². The normalized spacial score (nSPS) is 13.0. The lowest BCUT2D eigenvalue weighted by Gasteiger charge is -2.19. The van der Waals surface area contributed by atoms with Crippen LogP contribution in [0.2, 0.25) is 5.02 Å². The molecule has 1 aliphatic rings. The molecule has 0 aliphatic carbocycles. The number of halogens is 1. The maximum Gasteiger partial charge on any atom is 0.273 e. The van der Waals surface area contributed by atoms with Crippen molar-refractivity contribution in [3.05, 3.63) is 88.6 Å². The van der Waals surface area contributed by atoms with Gasteiger partial charge in [-0.1, -0.05) is 23.7 Å². The highest BCUT2D eigenvalue weighted by atomic mass is 35.5. The summed E-state index contributed by atoms with van der Waals surface area (Å²) >= 11 is 5.87. The van der Waals surface area contributed by atoms with Gasteiger partial charge in [-0.05, 0) is 66.9 Å². The third-order valence-electron chi connectivity index (χ3n) is 5.16. The van der Waals surface area contributed by atoms with Gasteiger partial charge < -0.3 is 9.64 Å². The van der Waals surface area contributed by atoms with Gasteiger partial charge in [0.05, 0.1) is 5.56 Å². The van der Waals surface area contributed by atoms with Crippen LogP contribution in [0.25, 0.3) is 0 Å². The SMILES string of the molecule is O=C(NNC(=O)c1cccnc1N1CCCC1)c1ccc(COc2ccc(Cl)cc2)cc1. The largest absolute Gasteiger partial charge is 0.489 e. The van der Waals surface area contributed by atoms with Gasteiger partial charge in [0.2, 0.25) is 0 Å². The van der Waals surface area contributed by atoms with Crippen LogP contribution in [0.15, 0.2) is 66.9 Å². The van der Waals surface area contributed by atoms with E-state index >= 15 is 0 Å². The summed E-state index contributed by atoms with van der Waals surface area (Å²) in [5.74, 6) is 0.542. The number of hydrazine groups is 1. The lowest BCUT2D eigenvalue weighted by Crippen LogP contribution is -2.42. The van der Waals surface area contributed by atoms with Crippen molar-refractivity contribution in [3.63, 3.8) is 0 Å². The summed E-state index contributed by atoms with van der Waals surface area (Å²) in [6.45, 7) is 2.11. The molecule has 0 unspecified atom stereocenters. The second kappa shape index (κ2) is 10.2. The molecule has 32 heavy (non-hydrogen) atoms. The van der Waals surface area contributed by atoms with Gasteiger partial charge in [0.25, 0.3) is 11.8 Å². The number of rotatable bonds is 6. The first-order valence-electron chi connectivity index (χ1n) is 10.4. The van der Waals surface area contributed by atoms with E-state index in [1.807, 2.05) is 0 Å². The second-order valence-electron chi connectivity index (χ2n) is 7.42. The predicted octanol–water partition coefficient (Wildman–Crippen LogP) is 3.99. The number of ether oxygens (including phenoxy) is 1. The molecule has 2 N–H and O–H groups in total. The number of hydrogen-bond donors (Lipinski definition) is 2. The van der Waals surface area contributed by atoms with Crippen molar-refractivity contribution < 1.29 is 14.3 Å². The number of nitrogens with one attached hydrogen (secondary N) is 2. The predicted molar refractivity (Wildman–Crippen MR) is 123 cm³/mol. The molecule has 0 saturated carbocycles. The first-order valence-corrected chi connectivity index (χ1v) is 10.8. The Hall–Kier alpha value is -3.58. The van der Waals surface area contributed by atoms with Gasteiger partial charge in [-0.15, -0.1) is 0 Å². The number of pyridine rings is 1. The maximum atomic E-state index is 12.6. The minimum atomic E-state index is -0.407. The van der Waals surface area contributed by atoms with E-state index in [9.17, 15) is 9.59 Å². The fourth-order valence-electron chi connectivity index (χ4n) is 3.46. The number of amides is 2. The minimum Gasteiger partial charge on any atom is -0.489 e. The molecule has 4 rings (SSSR count). The van der Waals surface area contributed by atoms with Crippen LogP contribution in [-0.2, 0) is 6.61 Å². The molecule has 3 aromatic rings. The summed E-state index contributed by atoms with van der Waals surface area (Å²) in [6.07, 6.45) is 3.82. The van der Waals surface area contributed by atoms with Gasteiger partial charge >= 0.3 is 0 Å². The number of anilines is 1. The number of carbonyl (C=O) groups excluding carboxylic acids is 2. The van der Waals surface area contributed by atoms with E-state index in [0.29, 0.717) is 34.3 Å². The number of benzene rings is 2. The Kier molecular flexibility index (Phi) is 6.87. The van der Waals surface area contributed by atoms with Crippen molar-refractivity contribution >= 4 is 29.2 Å². The van der Waals surface area contributed by atoms with Gasteiger partial charge in [-0.2, -0.15) is 0 Å². The first kappa shape index (κ1) is 21.6. The van der Waals surface area contributed by atoms with E-state index in [2.05, 4.69) is 20.7 Å². The molecule has 8 heteroatoms. The molecule has 7 nitrogen and oxygen atoms in total. The fourth-order valence-corrected chi connectivity index (χ4v) is 3.58. The van der Waals surface area contributed by atoms with Gasteiger partial charge in [0, 0.05) is 29.9 Å². The molecule has 0 spiro atoms. The molecule has 0 bridgehead atoms. The van der Waals surface area contributed by atoms with Crippen LogP contribution in [0.1, 0.15) is 39.1 Å². The summed E-state index contributed by atoms with van der Waals surface area (Å²) in [7, 11) is 0. The molecule has 1 aliphatic heterocycles. The molecule has 0 radical (unpaired) electrons. The highest BCUT2D eigenvalue weighted by Crippen LogP contribution is 2.21. The summed E-state index contributed by atoms with van der Waals surface area (Å²) < 4.78 is 5.70. The zero-order valence-electron chi connectivity index (χ0n) is 17.4. The van der Waals surface area contributed by atoms with Crippen LogP contribution in [0, 0.1) is 0 Å². The second-order valence-corrected chi connectivity index (χ2v) is 7.85. The van der Waals surface area contributed by atoms with E-state index in [0.717, 1.165) is 31.5 Å². The minimum absolute atomic E-state index is 0.362. The smallest absolute Gasteiger partial charge is 0.273 e. The Balaban J connectivity index is 1.31. The lowest BCUT2D eigenvalue weighted by molar-refractivity contribution is 0.0846. The Morgan fingerprint density at radius 2 is 1.62 bits per heavy atom. The zero-order valence-corrected chi connectivity index (χ0v) is 18.1. The average molecular weight is 451 g/mol. The Labute approximate surface area is 191 Å². The van der Waals surface area contributed by atoms with Crippen LogP contribution in [0.3, 0.4) is 0 Å². The summed E-state index contributed by atoms with van der Waals surface area (Å²) in [4.78, 5) is 31.5. The van der Waals surface area contributed by atoms with Crippen molar-refractivity contribution in [2.75, 3.05) is 18.0 Å². The van der Waals surface area contributed by atoms with Crippen molar-refractivity contribution in [2.45, 2.75) is 19.4 Å². The van der Waals surface area contributed by atoms with Crippen LogP contribution >= 0.6 is 11.6 Å². The number of hydrogen-bond acceptors (Lipinski definition) is 5. The molecule has 1 aromatic heterocycles. The Bertz CT molecular complexity index is 1080. The molecular weight excluding hydrogens is 428 g/mol. The van der Waals surface area contributed by atoms with Crippen LogP contribution in [0.5, 0.6) is 5.75 Å². The standard InChI is InChI=1S/C24H23ClN4O3/c25-19-9-11-20(12-10-19)32-16-17-5-7-18(8-6-17)23(30)27-28-24(31)21-4-3-13-26-22(21)29-14-1-2-15-29/h3-13H,1-2,14-16H2,(H,27,30)(H,28,31). The summed E-state index contributed by atoms with van der Waals surface area (Å²) in [6, 6.07) is 17.5. The monoisotopic (exact) mass is 450 g/mol. The van der Waals surface area contributed by atoms with E-state index < -0.39 is 11.8 Å². The third kappa shape index (κ3) is 5.36. The van der Waals surface area contributed by atoms with Crippen molar-refractivity contribution in [1.82, 2.24) is 15.8 Å². The van der Waals surface area contributed by atoms with Crippen molar-refractivity contribution in [1.29, 1.82) is 0 Å². The zero-order chi connectivity index (χ0) is 22.3. The molecule has 2 aromatic carbocycles. The topological polar surface area (TPSA) is 83.6 Å². The van der Waals surface area contributed by atoms with E-state index in [1.54, 1.807) is 66.9 Å². The summed E-state index contributed by atoms with van der Waals surface area (Å²) in [5, 5.41) is 0.649. The van der Waals surface area contributed by atoms with Gasteiger partial charge in [-0.3, -0.25) is 20.4 Å². The Morgan fingerprint density at radius 3 is 2.34 bits per heavy atom. The number of aromatic nitrogens is 1. The van der Waals surface area contributed by atoms with Crippen molar-refractivity contribution in [2.24, 2.45) is 0 Å². The molecule has 0 atom stereocenters. The molecular formula is C24H23ClN4O3.